The molecule has 3 atom stereocenters. The second-order valence-electron chi connectivity index (χ2n) is 6.95. The molecular formula is C20H22N2O4. The molecule has 0 heterocycles. The van der Waals surface area contributed by atoms with Gasteiger partial charge in [-0.1, -0.05) is 11.8 Å². The van der Waals surface area contributed by atoms with Crippen LogP contribution in [0.15, 0.2) is 24.3 Å². The minimum Gasteiger partial charge on any atom is -0.480 e. The van der Waals surface area contributed by atoms with Gasteiger partial charge in [-0.05, 0) is 62.3 Å². The molecule has 1 saturated carbocycles. The first-order valence-corrected chi connectivity index (χ1v) is 8.27. The van der Waals surface area contributed by atoms with Gasteiger partial charge in [0.2, 0.25) is 0 Å². The summed E-state index contributed by atoms with van der Waals surface area (Å²) in [4.78, 5) is 23.5. The lowest BCUT2D eigenvalue weighted by molar-refractivity contribution is -0.140. The number of aliphatic hydroxyl groups is 1. The average molecular weight is 354 g/mol. The SMILES string of the molecule is CC(C)(N)C(NC(=O)c1ccc(C#CC#C[C@H]2C[C@@H]2CO)cc1)C(=O)O. The molecule has 136 valence electrons. The number of hydrogen-bond acceptors (Lipinski definition) is 4. The molecule has 26 heavy (non-hydrogen) atoms. The Morgan fingerprint density at radius 3 is 2.46 bits per heavy atom. The van der Waals surface area contributed by atoms with E-state index in [2.05, 4.69) is 29.0 Å². The van der Waals surface area contributed by atoms with Gasteiger partial charge in [0, 0.05) is 29.2 Å². The average Bonchev–Trinajstić information content (AvgIpc) is 3.34. The van der Waals surface area contributed by atoms with Crippen LogP contribution in [0.1, 0.15) is 36.2 Å². The number of amides is 1. The molecule has 0 aromatic heterocycles. The summed E-state index contributed by atoms with van der Waals surface area (Å²) in [6.07, 6.45) is 0.923. The fraction of sp³-hybridized carbons (Fsp3) is 0.400. The van der Waals surface area contributed by atoms with E-state index in [-0.39, 0.29) is 18.4 Å². The summed E-state index contributed by atoms with van der Waals surface area (Å²) < 4.78 is 0. The van der Waals surface area contributed by atoms with Crippen LogP contribution in [0.3, 0.4) is 0 Å². The summed E-state index contributed by atoms with van der Waals surface area (Å²) in [7, 11) is 0. The summed E-state index contributed by atoms with van der Waals surface area (Å²) >= 11 is 0. The van der Waals surface area contributed by atoms with Crippen molar-refractivity contribution in [2.45, 2.75) is 31.8 Å². The van der Waals surface area contributed by atoms with Gasteiger partial charge in [0.05, 0.1) is 0 Å². The van der Waals surface area contributed by atoms with E-state index in [1.807, 2.05) is 0 Å². The number of benzene rings is 1. The number of nitrogens with one attached hydrogen (secondary N) is 1. The summed E-state index contributed by atoms with van der Waals surface area (Å²) in [6.45, 7) is 3.24. The third-order valence-corrected chi connectivity index (χ3v) is 4.10. The van der Waals surface area contributed by atoms with Crippen molar-refractivity contribution < 1.29 is 19.8 Å². The fourth-order valence-corrected chi connectivity index (χ4v) is 2.34. The minimum absolute atomic E-state index is 0.167. The van der Waals surface area contributed by atoms with Gasteiger partial charge in [0.1, 0.15) is 6.04 Å². The molecule has 1 aliphatic carbocycles. The zero-order valence-corrected chi connectivity index (χ0v) is 14.7. The number of nitrogens with two attached hydrogens (primary N) is 1. The number of aliphatic carboxylic acids is 1. The lowest BCUT2D eigenvalue weighted by Gasteiger charge is -2.27. The minimum atomic E-state index is -1.20. The van der Waals surface area contributed by atoms with Gasteiger partial charge < -0.3 is 21.3 Å². The van der Waals surface area contributed by atoms with E-state index in [0.29, 0.717) is 11.1 Å². The van der Waals surface area contributed by atoms with E-state index in [1.165, 1.54) is 13.8 Å². The molecule has 1 aromatic carbocycles. The van der Waals surface area contributed by atoms with Crippen molar-refractivity contribution in [3.05, 3.63) is 35.4 Å². The molecule has 1 fully saturated rings. The predicted octanol–water partition coefficient (Wildman–Crippen LogP) is 0.590. The summed E-state index contributed by atoms with van der Waals surface area (Å²) in [5.41, 5.74) is 5.72. The second kappa shape index (κ2) is 8.05. The predicted molar refractivity (Wildman–Crippen MR) is 96.9 cm³/mol. The van der Waals surface area contributed by atoms with Crippen LogP contribution in [0.2, 0.25) is 0 Å². The van der Waals surface area contributed by atoms with Crippen LogP contribution < -0.4 is 11.1 Å². The van der Waals surface area contributed by atoms with Crippen LogP contribution in [-0.4, -0.2) is 40.3 Å². The molecule has 0 radical (unpaired) electrons. The van der Waals surface area contributed by atoms with Gasteiger partial charge in [-0.15, -0.1) is 0 Å². The third-order valence-electron chi connectivity index (χ3n) is 4.10. The number of carbonyl (C=O) groups excluding carboxylic acids is 1. The zero-order chi connectivity index (χ0) is 19.3. The van der Waals surface area contributed by atoms with Crippen LogP contribution in [0.4, 0.5) is 0 Å². The molecule has 6 nitrogen and oxygen atoms in total. The maximum atomic E-state index is 12.2. The molecule has 1 aliphatic rings. The van der Waals surface area contributed by atoms with Crippen molar-refractivity contribution in [2.75, 3.05) is 6.61 Å². The molecule has 1 amide bonds. The van der Waals surface area contributed by atoms with Crippen molar-refractivity contribution in [2.24, 2.45) is 17.6 Å². The lowest BCUT2D eigenvalue weighted by Crippen LogP contribution is -2.58. The molecule has 0 saturated heterocycles. The summed E-state index contributed by atoms with van der Waals surface area (Å²) in [6, 6.07) is 5.27. The largest absolute Gasteiger partial charge is 0.480 e. The normalized spacial score (nSPS) is 19.2. The van der Waals surface area contributed by atoms with Gasteiger partial charge in [-0.3, -0.25) is 4.79 Å². The number of carboxylic acids is 1. The highest BCUT2D eigenvalue weighted by molar-refractivity contribution is 5.97. The van der Waals surface area contributed by atoms with E-state index in [9.17, 15) is 14.7 Å². The topological polar surface area (TPSA) is 113 Å². The van der Waals surface area contributed by atoms with E-state index < -0.39 is 23.5 Å². The summed E-state index contributed by atoms with van der Waals surface area (Å²) in [5.74, 6) is 10.2. The quantitative estimate of drug-likeness (QED) is 0.578. The Labute approximate surface area is 152 Å². The molecule has 0 spiro atoms. The Hall–Kier alpha value is -2.80. The van der Waals surface area contributed by atoms with Crippen LogP contribution >= 0.6 is 0 Å². The van der Waals surface area contributed by atoms with E-state index >= 15 is 0 Å². The molecule has 0 bridgehead atoms. The Balaban J connectivity index is 1.98. The molecule has 6 heteroatoms. The van der Waals surface area contributed by atoms with Crippen LogP contribution in [0.25, 0.3) is 0 Å². The maximum Gasteiger partial charge on any atom is 0.328 e. The second-order valence-corrected chi connectivity index (χ2v) is 6.95. The van der Waals surface area contributed by atoms with Crippen LogP contribution in [-0.2, 0) is 4.79 Å². The van der Waals surface area contributed by atoms with Crippen molar-refractivity contribution in [3.8, 4) is 23.7 Å². The van der Waals surface area contributed by atoms with Gasteiger partial charge >= 0.3 is 5.97 Å². The highest BCUT2D eigenvalue weighted by Gasteiger charge is 2.34. The zero-order valence-electron chi connectivity index (χ0n) is 14.7. The van der Waals surface area contributed by atoms with E-state index in [1.54, 1.807) is 24.3 Å². The monoisotopic (exact) mass is 354 g/mol. The Kier molecular flexibility index (Phi) is 6.05. The number of rotatable bonds is 5. The van der Waals surface area contributed by atoms with E-state index in [4.69, 9.17) is 10.8 Å². The van der Waals surface area contributed by atoms with Crippen molar-refractivity contribution in [1.82, 2.24) is 5.32 Å². The third kappa shape index (κ3) is 5.35. The molecule has 1 aromatic rings. The smallest absolute Gasteiger partial charge is 0.328 e. The molecule has 1 unspecified atom stereocenters. The molecule has 2 rings (SSSR count). The summed E-state index contributed by atoms with van der Waals surface area (Å²) in [5, 5.41) is 20.6. The Morgan fingerprint density at radius 1 is 1.31 bits per heavy atom. The Morgan fingerprint density at radius 2 is 1.96 bits per heavy atom. The number of hydrogen-bond donors (Lipinski definition) is 4. The number of carboxylic acid groups (broad SMARTS) is 1. The number of carbonyl (C=O) groups is 2. The van der Waals surface area contributed by atoms with Gasteiger partial charge in [-0.25, -0.2) is 4.79 Å². The van der Waals surface area contributed by atoms with Gasteiger partial charge in [-0.2, -0.15) is 0 Å². The maximum absolute atomic E-state index is 12.2. The first-order chi connectivity index (χ1) is 12.2. The van der Waals surface area contributed by atoms with Crippen molar-refractivity contribution >= 4 is 11.9 Å². The molecule has 0 aliphatic heterocycles. The standard InChI is InChI=1S/C20H22N2O4/c1-20(2,21)17(19(25)26)22-18(24)14-9-7-13(8-10-14)5-3-4-6-15-11-16(15)12-23/h7-10,15-17,23H,11-12,21H2,1-2H3,(H,22,24)(H,25,26)/t15-,16+,17?/m0/s1. The van der Waals surface area contributed by atoms with Crippen molar-refractivity contribution in [3.63, 3.8) is 0 Å². The highest BCUT2D eigenvalue weighted by Crippen LogP contribution is 2.36. The number of aliphatic hydroxyl groups excluding tert-OH is 1. The van der Waals surface area contributed by atoms with Gasteiger partial charge in [0.15, 0.2) is 0 Å². The highest BCUT2D eigenvalue weighted by atomic mass is 16.4. The molecular weight excluding hydrogens is 332 g/mol. The lowest BCUT2D eigenvalue weighted by atomic mass is 9.95. The van der Waals surface area contributed by atoms with E-state index in [0.717, 1.165) is 6.42 Å². The fourth-order valence-electron chi connectivity index (χ4n) is 2.34. The first kappa shape index (κ1) is 19.5. The van der Waals surface area contributed by atoms with Gasteiger partial charge in [0.25, 0.3) is 5.91 Å². The Bertz CT molecular complexity index is 801. The van der Waals surface area contributed by atoms with Crippen LogP contribution in [0, 0.1) is 35.5 Å². The van der Waals surface area contributed by atoms with Crippen molar-refractivity contribution in [1.29, 1.82) is 0 Å². The first-order valence-electron chi connectivity index (χ1n) is 8.27. The van der Waals surface area contributed by atoms with Crippen LogP contribution in [0.5, 0.6) is 0 Å². The molecule has 5 N–H and O–H groups in total.